The lowest BCUT2D eigenvalue weighted by Crippen LogP contribution is -2.45. The first kappa shape index (κ1) is 16.4. The maximum absolute atomic E-state index is 11.9. The van der Waals surface area contributed by atoms with E-state index >= 15 is 0 Å². The van der Waals surface area contributed by atoms with Gasteiger partial charge in [-0.3, -0.25) is 9.59 Å². The van der Waals surface area contributed by atoms with E-state index in [0.29, 0.717) is 19.6 Å². The summed E-state index contributed by atoms with van der Waals surface area (Å²) in [4.78, 5) is 34.5. The number of esters is 1. The van der Waals surface area contributed by atoms with E-state index in [9.17, 15) is 14.4 Å². The van der Waals surface area contributed by atoms with E-state index in [1.54, 1.807) is 13.8 Å². The van der Waals surface area contributed by atoms with Gasteiger partial charge in [0.1, 0.15) is 6.04 Å². The molecule has 1 saturated heterocycles. The monoisotopic (exact) mass is 287 g/mol. The highest BCUT2D eigenvalue weighted by molar-refractivity contribution is 5.85. The van der Waals surface area contributed by atoms with Crippen LogP contribution in [-0.2, 0) is 23.9 Å². The molecule has 1 heterocycles. The van der Waals surface area contributed by atoms with E-state index in [2.05, 4.69) is 5.32 Å². The molecule has 20 heavy (non-hydrogen) atoms. The van der Waals surface area contributed by atoms with Crippen molar-refractivity contribution in [1.82, 2.24) is 5.32 Å². The standard InChI is InChI=1S/C13H21NO6/c1-3-20-13(18)8(2)6-10(12(16)17)14-11(15)9-4-5-19-7-9/h8-10H,3-7H2,1-2H3,(H,14,15)(H,16,17)/t8-,9+,10+/m1/s1. The largest absolute Gasteiger partial charge is 0.480 e. The van der Waals surface area contributed by atoms with Crippen molar-refractivity contribution in [3.05, 3.63) is 0 Å². The Balaban J connectivity index is 2.53. The molecule has 0 unspecified atom stereocenters. The lowest BCUT2D eigenvalue weighted by molar-refractivity contribution is -0.149. The molecular formula is C13H21NO6. The zero-order valence-corrected chi connectivity index (χ0v) is 11.8. The quantitative estimate of drug-likeness (QED) is 0.648. The smallest absolute Gasteiger partial charge is 0.326 e. The summed E-state index contributed by atoms with van der Waals surface area (Å²) < 4.78 is 9.91. The van der Waals surface area contributed by atoms with Crippen LogP contribution in [0.1, 0.15) is 26.7 Å². The van der Waals surface area contributed by atoms with E-state index < -0.39 is 23.9 Å². The summed E-state index contributed by atoms with van der Waals surface area (Å²) in [5.74, 6) is -2.86. The molecule has 114 valence electrons. The van der Waals surface area contributed by atoms with Crippen LogP contribution in [0.2, 0.25) is 0 Å². The summed E-state index contributed by atoms with van der Waals surface area (Å²) in [6.45, 7) is 4.33. The minimum atomic E-state index is -1.16. The molecule has 1 aliphatic heterocycles. The van der Waals surface area contributed by atoms with Crippen molar-refractivity contribution in [3.63, 3.8) is 0 Å². The Labute approximate surface area is 117 Å². The van der Waals surface area contributed by atoms with Crippen LogP contribution < -0.4 is 5.32 Å². The second kappa shape index (κ2) is 7.84. The first-order chi connectivity index (χ1) is 9.45. The van der Waals surface area contributed by atoms with Gasteiger partial charge in [-0.05, 0) is 19.8 Å². The third-order valence-corrected chi connectivity index (χ3v) is 3.19. The molecule has 2 N–H and O–H groups in total. The SMILES string of the molecule is CCOC(=O)[C@H](C)C[C@H](NC(=O)[C@H]1CCOC1)C(=O)O. The number of carboxylic acids is 1. The Kier molecular flexibility index (Phi) is 6.44. The summed E-state index contributed by atoms with van der Waals surface area (Å²) in [6, 6.07) is -1.09. The molecule has 0 aromatic rings. The Morgan fingerprint density at radius 1 is 1.45 bits per heavy atom. The molecule has 0 aromatic carbocycles. The molecule has 1 aliphatic rings. The van der Waals surface area contributed by atoms with Gasteiger partial charge in [-0.2, -0.15) is 0 Å². The normalized spacial score (nSPS) is 21.0. The van der Waals surface area contributed by atoms with E-state index in [-0.39, 0.29) is 24.9 Å². The van der Waals surface area contributed by atoms with E-state index in [1.807, 2.05) is 0 Å². The minimum Gasteiger partial charge on any atom is -0.480 e. The molecule has 1 amide bonds. The van der Waals surface area contributed by atoms with Crippen molar-refractivity contribution in [3.8, 4) is 0 Å². The number of carbonyl (C=O) groups is 3. The molecule has 0 spiro atoms. The van der Waals surface area contributed by atoms with Crippen LogP contribution in [0, 0.1) is 11.8 Å². The molecule has 7 nitrogen and oxygen atoms in total. The van der Waals surface area contributed by atoms with Crippen LogP contribution >= 0.6 is 0 Å². The molecule has 0 aliphatic carbocycles. The van der Waals surface area contributed by atoms with Gasteiger partial charge in [-0.25, -0.2) is 4.79 Å². The summed E-state index contributed by atoms with van der Waals surface area (Å²) in [7, 11) is 0. The van der Waals surface area contributed by atoms with Gasteiger partial charge in [0.2, 0.25) is 5.91 Å². The summed E-state index contributed by atoms with van der Waals surface area (Å²) in [5, 5.41) is 11.6. The first-order valence-electron chi connectivity index (χ1n) is 6.73. The molecule has 0 bridgehead atoms. The number of amides is 1. The highest BCUT2D eigenvalue weighted by Crippen LogP contribution is 2.14. The van der Waals surface area contributed by atoms with E-state index in [4.69, 9.17) is 14.6 Å². The van der Waals surface area contributed by atoms with Crippen molar-refractivity contribution < 1.29 is 29.0 Å². The molecule has 0 radical (unpaired) electrons. The number of nitrogens with one attached hydrogen (secondary N) is 1. The molecule has 0 saturated carbocycles. The minimum absolute atomic E-state index is 0.00742. The van der Waals surface area contributed by atoms with Crippen molar-refractivity contribution in [2.45, 2.75) is 32.7 Å². The number of hydrogen-bond acceptors (Lipinski definition) is 5. The van der Waals surface area contributed by atoms with E-state index in [0.717, 1.165) is 0 Å². The van der Waals surface area contributed by atoms with Gasteiger partial charge in [-0.15, -0.1) is 0 Å². The van der Waals surface area contributed by atoms with Crippen LogP contribution in [-0.4, -0.2) is 48.8 Å². The van der Waals surface area contributed by atoms with E-state index in [1.165, 1.54) is 0 Å². The summed E-state index contributed by atoms with van der Waals surface area (Å²) in [5.41, 5.74) is 0. The van der Waals surface area contributed by atoms with Gasteiger partial charge >= 0.3 is 11.9 Å². The number of ether oxygens (including phenoxy) is 2. The molecule has 0 aromatic heterocycles. The van der Waals surface area contributed by atoms with Gasteiger partial charge in [0, 0.05) is 6.61 Å². The summed E-state index contributed by atoms with van der Waals surface area (Å²) in [6.07, 6.45) is 0.596. The topological polar surface area (TPSA) is 102 Å². The van der Waals surface area contributed by atoms with Crippen molar-refractivity contribution in [2.24, 2.45) is 11.8 Å². The molecular weight excluding hydrogens is 266 g/mol. The molecule has 1 fully saturated rings. The third kappa shape index (κ3) is 4.80. The van der Waals surface area contributed by atoms with Crippen molar-refractivity contribution in [2.75, 3.05) is 19.8 Å². The molecule has 3 atom stereocenters. The fourth-order valence-electron chi connectivity index (χ4n) is 1.99. The summed E-state index contributed by atoms with van der Waals surface area (Å²) >= 11 is 0. The number of carboxylic acid groups (broad SMARTS) is 1. The fourth-order valence-corrected chi connectivity index (χ4v) is 1.99. The number of carbonyl (C=O) groups excluding carboxylic acids is 2. The van der Waals surface area contributed by atoms with Crippen LogP contribution in [0.3, 0.4) is 0 Å². The van der Waals surface area contributed by atoms with Gasteiger partial charge in [0.05, 0.1) is 25.0 Å². The Morgan fingerprint density at radius 3 is 2.65 bits per heavy atom. The average molecular weight is 287 g/mol. The van der Waals surface area contributed by atoms with Gasteiger partial charge in [-0.1, -0.05) is 6.92 Å². The highest BCUT2D eigenvalue weighted by atomic mass is 16.5. The average Bonchev–Trinajstić information content (AvgIpc) is 2.91. The predicted octanol–water partition coefficient (Wildman–Crippen LogP) is 0.182. The van der Waals surface area contributed by atoms with Gasteiger partial charge < -0.3 is 19.9 Å². The maximum atomic E-state index is 11.9. The Morgan fingerprint density at radius 2 is 2.15 bits per heavy atom. The second-order valence-corrected chi connectivity index (χ2v) is 4.85. The first-order valence-corrected chi connectivity index (χ1v) is 6.73. The fraction of sp³-hybridized carbons (Fsp3) is 0.769. The Bertz CT molecular complexity index is 364. The van der Waals surface area contributed by atoms with Crippen LogP contribution in [0.4, 0.5) is 0 Å². The second-order valence-electron chi connectivity index (χ2n) is 4.85. The zero-order chi connectivity index (χ0) is 15.1. The maximum Gasteiger partial charge on any atom is 0.326 e. The highest BCUT2D eigenvalue weighted by Gasteiger charge is 2.30. The van der Waals surface area contributed by atoms with Crippen LogP contribution in [0.5, 0.6) is 0 Å². The van der Waals surface area contributed by atoms with Crippen LogP contribution in [0.25, 0.3) is 0 Å². The molecule has 1 rings (SSSR count). The predicted molar refractivity (Wildman–Crippen MR) is 68.9 cm³/mol. The number of aliphatic carboxylic acids is 1. The van der Waals surface area contributed by atoms with Crippen LogP contribution in [0.15, 0.2) is 0 Å². The lowest BCUT2D eigenvalue weighted by atomic mass is 10.0. The molecule has 7 heteroatoms. The zero-order valence-electron chi connectivity index (χ0n) is 11.8. The number of hydrogen-bond donors (Lipinski definition) is 2. The van der Waals surface area contributed by atoms with Crippen molar-refractivity contribution in [1.29, 1.82) is 0 Å². The Hall–Kier alpha value is -1.63. The van der Waals surface area contributed by atoms with Gasteiger partial charge in [0.25, 0.3) is 0 Å². The number of rotatable bonds is 7. The lowest BCUT2D eigenvalue weighted by Gasteiger charge is -2.19. The van der Waals surface area contributed by atoms with Gasteiger partial charge in [0.15, 0.2) is 0 Å². The third-order valence-electron chi connectivity index (χ3n) is 3.19. The van der Waals surface area contributed by atoms with Crippen molar-refractivity contribution >= 4 is 17.8 Å².